The number of para-hydroxylation sites is 1. The number of aliphatic carboxylic acids is 1. The fourth-order valence-corrected chi connectivity index (χ4v) is 3.72. The number of halogens is 2. The Morgan fingerprint density at radius 2 is 1.93 bits per heavy atom. The Hall–Kier alpha value is -3.39. The Bertz CT molecular complexity index is 1150. The zero-order valence-corrected chi connectivity index (χ0v) is 16.0. The van der Waals surface area contributed by atoms with Gasteiger partial charge in [-0.3, -0.25) is 19.5 Å². The third kappa shape index (κ3) is 3.99. The molecule has 1 amide bonds. The van der Waals surface area contributed by atoms with Crippen molar-refractivity contribution in [1.29, 1.82) is 0 Å². The van der Waals surface area contributed by atoms with Gasteiger partial charge in [0.15, 0.2) is 11.6 Å². The standard InChI is InChI=1S/C22H19F2N3O3/c23-16-6-5-13(11-17(16)24)25-22(30)21-14-3-1-2-4-18(14)26-19-7-9-27(12-15(19)21)10-8-20(28)29/h1-6,11H,7-10,12H2,(H,25,30)(H,28,29). The lowest BCUT2D eigenvalue weighted by atomic mass is 9.95. The zero-order chi connectivity index (χ0) is 21.3. The summed E-state index contributed by atoms with van der Waals surface area (Å²) in [5.74, 6) is -3.37. The number of amides is 1. The molecule has 8 heteroatoms. The third-order valence-corrected chi connectivity index (χ3v) is 5.17. The van der Waals surface area contributed by atoms with Crippen LogP contribution in [0.15, 0.2) is 42.5 Å². The molecule has 0 atom stereocenters. The van der Waals surface area contributed by atoms with Gasteiger partial charge in [-0.15, -0.1) is 0 Å². The van der Waals surface area contributed by atoms with E-state index in [1.807, 2.05) is 17.0 Å². The summed E-state index contributed by atoms with van der Waals surface area (Å²) in [4.78, 5) is 30.8. The summed E-state index contributed by atoms with van der Waals surface area (Å²) in [5.41, 5.74) is 2.75. The smallest absolute Gasteiger partial charge is 0.304 e. The maximum atomic E-state index is 13.6. The highest BCUT2D eigenvalue weighted by molar-refractivity contribution is 6.13. The van der Waals surface area contributed by atoms with Crippen molar-refractivity contribution in [1.82, 2.24) is 9.88 Å². The first kappa shape index (κ1) is 19.9. The molecule has 0 radical (unpaired) electrons. The van der Waals surface area contributed by atoms with Crippen molar-refractivity contribution < 1.29 is 23.5 Å². The molecule has 154 valence electrons. The molecule has 30 heavy (non-hydrogen) atoms. The van der Waals surface area contributed by atoms with E-state index in [2.05, 4.69) is 10.3 Å². The molecule has 0 bridgehead atoms. The van der Waals surface area contributed by atoms with Crippen molar-refractivity contribution in [3.8, 4) is 0 Å². The highest BCUT2D eigenvalue weighted by Crippen LogP contribution is 2.29. The monoisotopic (exact) mass is 411 g/mol. The Morgan fingerprint density at radius 3 is 2.70 bits per heavy atom. The summed E-state index contributed by atoms with van der Waals surface area (Å²) in [7, 11) is 0. The number of rotatable bonds is 5. The molecule has 1 aliphatic heterocycles. The number of anilines is 1. The molecule has 0 spiro atoms. The number of nitrogens with one attached hydrogen (secondary N) is 1. The Kier molecular flexibility index (Phi) is 5.41. The highest BCUT2D eigenvalue weighted by Gasteiger charge is 2.26. The van der Waals surface area contributed by atoms with E-state index in [9.17, 15) is 18.4 Å². The molecule has 1 aromatic heterocycles. The molecule has 0 saturated carbocycles. The van der Waals surface area contributed by atoms with Crippen LogP contribution in [-0.2, 0) is 17.8 Å². The molecule has 6 nitrogen and oxygen atoms in total. The van der Waals surface area contributed by atoms with Crippen LogP contribution in [0.4, 0.5) is 14.5 Å². The Balaban J connectivity index is 1.73. The van der Waals surface area contributed by atoms with Gasteiger partial charge in [0.05, 0.1) is 17.5 Å². The first-order valence-electron chi connectivity index (χ1n) is 9.53. The van der Waals surface area contributed by atoms with E-state index in [4.69, 9.17) is 5.11 Å². The first-order chi connectivity index (χ1) is 14.4. The second kappa shape index (κ2) is 8.16. The molecule has 2 N–H and O–H groups in total. The van der Waals surface area contributed by atoms with E-state index in [1.54, 1.807) is 12.1 Å². The number of aromatic nitrogens is 1. The van der Waals surface area contributed by atoms with Gasteiger partial charge in [-0.1, -0.05) is 18.2 Å². The second-order valence-corrected chi connectivity index (χ2v) is 7.18. The first-order valence-corrected chi connectivity index (χ1v) is 9.53. The number of carbonyl (C=O) groups is 2. The molecular weight excluding hydrogens is 392 g/mol. The second-order valence-electron chi connectivity index (χ2n) is 7.18. The summed E-state index contributed by atoms with van der Waals surface area (Å²) >= 11 is 0. The van der Waals surface area contributed by atoms with E-state index < -0.39 is 23.5 Å². The molecule has 2 heterocycles. The lowest BCUT2D eigenvalue weighted by Gasteiger charge is -2.29. The van der Waals surface area contributed by atoms with Gasteiger partial charge in [0.1, 0.15) is 0 Å². The summed E-state index contributed by atoms with van der Waals surface area (Å²) in [6, 6.07) is 10.4. The van der Waals surface area contributed by atoms with Crippen molar-refractivity contribution in [2.45, 2.75) is 19.4 Å². The largest absolute Gasteiger partial charge is 0.481 e. The van der Waals surface area contributed by atoms with E-state index in [-0.39, 0.29) is 12.1 Å². The number of carboxylic acids is 1. The molecule has 0 fully saturated rings. The highest BCUT2D eigenvalue weighted by atomic mass is 19.2. The number of pyridine rings is 1. The molecule has 1 aliphatic rings. The minimum absolute atomic E-state index is 0.00668. The molecule has 2 aromatic carbocycles. The van der Waals surface area contributed by atoms with Gasteiger partial charge in [0, 0.05) is 54.5 Å². The molecular formula is C22H19F2N3O3. The van der Waals surface area contributed by atoms with Gasteiger partial charge in [-0.05, 0) is 18.2 Å². The lowest BCUT2D eigenvalue weighted by Crippen LogP contribution is -2.34. The predicted molar refractivity (Wildman–Crippen MR) is 107 cm³/mol. The number of carboxylic acid groups (broad SMARTS) is 1. The van der Waals surface area contributed by atoms with Crippen LogP contribution in [0.2, 0.25) is 0 Å². The van der Waals surface area contributed by atoms with Crippen LogP contribution in [0.5, 0.6) is 0 Å². The van der Waals surface area contributed by atoms with Crippen molar-refractivity contribution in [2.24, 2.45) is 0 Å². The zero-order valence-electron chi connectivity index (χ0n) is 16.0. The van der Waals surface area contributed by atoms with Gasteiger partial charge >= 0.3 is 5.97 Å². The van der Waals surface area contributed by atoms with Gasteiger partial charge in [-0.25, -0.2) is 8.78 Å². The minimum Gasteiger partial charge on any atom is -0.481 e. The Labute approximate surface area is 171 Å². The van der Waals surface area contributed by atoms with Crippen molar-refractivity contribution in [3.63, 3.8) is 0 Å². The normalized spacial score (nSPS) is 13.8. The van der Waals surface area contributed by atoms with Crippen LogP contribution in [0, 0.1) is 11.6 Å². The number of hydrogen-bond acceptors (Lipinski definition) is 4. The summed E-state index contributed by atoms with van der Waals surface area (Å²) < 4.78 is 26.8. The number of hydrogen-bond donors (Lipinski definition) is 2. The summed E-state index contributed by atoms with van der Waals surface area (Å²) in [6.07, 6.45) is 0.595. The predicted octanol–water partition coefficient (Wildman–Crippen LogP) is 3.60. The topological polar surface area (TPSA) is 82.5 Å². The van der Waals surface area contributed by atoms with Crippen LogP contribution in [0.3, 0.4) is 0 Å². The molecule has 4 rings (SSSR count). The van der Waals surface area contributed by atoms with Gasteiger partial charge < -0.3 is 10.4 Å². The average molecular weight is 411 g/mol. The Morgan fingerprint density at radius 1 is 1.13 bits per heavy atom. The molecule has 0 aliphatic carbocycles. The SMILES string of the molecule is O=C(O)CCN1CCc2nc3ccccc3c(C(=O)Nc3ccc(F)c(F)c3)c2C1. The van der Waals surface area contributed by atoms with E-state index in [0.29, 0.717) is 42.5 Å². The minimum atomic E-state index is -1.05. The van der Waals surface area contributed by atoms with Crippen LogP contribution in [-0.4, -0.2) is 40.0 Å². The van der Waals surface area contributed by atoms with Crippen LogP contribution in [0.1, 0.15) is 28.0 Å². The van der Waals surface area contributed by atoms with Crippen molar-refractivity contribution in [2.75, 3.05) is 18.4 Å². The number of carbonyl (C=O) groups excluding carboxylic acids is 1. The molecule has 3 aromatic rings. The number of benzene rings is 2. The van der Waals surface area contributed by atoms with Crippen LogP contribution >= 0.6 is 0 Å². The average Bonchev–Trinajstić information content (AvgIpc) is 2.73. The fraction of sp³-hybridized carbons (Fsp3) is 0.227. The fourth-order valence-electron chi connectivity index (χ4n) is 3.72. The third-order valence-electron chi connectivity index (χ3n) is 5.17. The molecule has 0 saturated heterocycles. The maximum Gasteiger partial charge on any atom is 0.304 e. The lowest BCUT2D eigenvalue weighted by molar-refractivity contribution is -0.137. The van der Waals surface area contributed by atoms with Crippen molar-refractivity contribution in [3.05, 3.63) is 70.9 Å². The van der Waals surface area contributed by atoms with E-state index in [0.717, 1.165) is 23.4 Å². The van der Waals surface area contributed by atoms with Crippen molar-refractivity contribution >= 4 is 28.5 Å². The maximum absolute atomic E-state index is 13.6. The number of nitrogens with zero attached hydrogens (tertiary/aromatic N) is 2. The van der Waals surface area contributed by atoms with Crippen LogP contribution in [0.25, 0.3) is 10.9 Å². The number of fused-ring (bicyclic) bond motifs is 2. The van der Waals surface area contributed by atoms with E-state index in [1.165, 1.54) is 6.07 Å². The van der Waals surface area contributed by atoms with Gasteiger partial charge in [-0.2, -0.15) is 0 Å². The molecule has 0 unspecified atom stereocenters. The summed E-state index contributed by atoms with van der Waals surface area (Å²) in [6.45, 7) is 1.41. The van der Waals surface area contributed by atoms with Gasteiger partial charge in [0.25, 0.3) is 5.91 Å². The van der Waals surface area contributed by atoms with E-state index >= 15 is 0 Å². The summed E-state index contributed by atoms with van der Waals surface area (Å²) in [5, 5.41) is 12.3. The van der Waals surface area contributed by atoms with Gasteiger partial charge in [0.2, 0.25) is 0 Å². The quantitative estimate of drug-likeness (QED) is 0.671. The van der Waals surface area contributed by atoms with Crippen LogP contribution < -0.4 is 5.32 Å².